The van der Waals surface area contributed by atoms with E-state index in [1.54, 1.807) is 12.1 Å². The Morgan fingerprint density at radius 3 is 2.56 bits per heavy atom. The first-order chi connectivity index (χ1) is 13.0. The van der Waals surface area contributed by atoms with Gasteiger partial charge in [-0.05, 0) is 49.8 Å². The molecule has 3 atom stereocenters. The van der Waals surface area contributed by atoms with Gasteiger partial charge in [0.25, 0.3) is 10.1 Å². The summed E-state index contributed by atoms with van der Waals surface area (Å²) in [4.78, 5) is 0.137. The van der Waals surface area contributed by atoms with Crippen molar-refractivity contribution in [1.82, 2.24) is 0 Å². The molecule has 2 aromatic carbocycles. The van der Waals surface area contributed by atoms with Gasteiger partial charge in [0.2, 0.25) is 0 Å². The van der Waals surface area contributed by atoms with Crippen LogP contribution in [0.2, 0.25) is 0 Å². The van der Waals surface area contributed by atoms with Crippen molar-refractivity contribution in [2.45, 2.75) is 43.3 Å². The molecule has 0 unspecified atom stereocenters. The first-order valence-electron chi connectivity index (χ1n) is 9.26. The molecule has 2 aromatic rings. The highest BCUT2D eigenvalue weighted by Gasteiger charge is 2.29. The van der Waals surface area contributed by atoms with Crippen LogP contribution >= 0.6 is 0 Å². The average molecular weight is 391 g/mol. The molecule has 0 aromatic heterocycles. The number of hydrogen-bond donors (Lipinski definition) is 1. The van der Waals surface area contributed by atoms with Gasteiger partial charge in [0.15, 0.2) is 0 Å². The van der Waals surface area contributed by atoms with Crippen LogP contribution < -0.4 is 0 Å². The predicted molar refractivity (Wildman–Crippen MR) is 103 cm³/mol. The third-order valence-electron chi connectivity index (χ3n) is 5.00. The summed E-state index contributed by atoms with van der Waals surface area (Å²) in [6.07, 6.45) is 1.10. The number of aliphatic hydroxyl groups excluding tert-OH is 1. The lowest BCUT2D eigenvalue weighted by atomic mass is 9.87. The summed E-state index contributed by atoms with van der Waals surface area (Å²) in [5.74, 6) is 0.0645. The summed E-state index contributed by atoms with van der Waals surface area (Å²) >= 11 is 0. The van der Waals surface area contributed by atoms with Crippen molar-refractivity contribution < 1.29 is 22.4 Å². The van der Waals surface area contributed by atoms with E-state index in [1.165, 1.54) is 12.1 Å². The zero-order chi connectivity index (χ0) is 19.3. The monoisotopic (exact) mass is 390 g/mol. The van der Waals surface area contributed by atoms with E-state index in [0.29, 0.717) is 6.61 Å². The maximum atomic E-state index is 12.2. The average Bonchev–Trinajstić information content (AvgIpc) is 2.69. The molecule has 0 amide bonds. The van der Waals surface area contributed by atoms with Crippen molar-refractivity contribution in [3.8, 4) is 0 Å². The van der Waals surface area contributed by atoms with Crippen LogP contribution in [0.5, 0.6) is 0 Å². The Hall–Kier alpha value is -1.73. The summed E-state index contributed by atoms with van der Waals surface area (Å²) in [5.41, 5.74) is 2.09. The normalized spacial score (nSPS) is 21.7. The Morgan fingerprint density at radius 1 is 1.15 bits per heavy atom. The molecule has 146 valence electrons. The SMILES string of the molecule is Cc1ccc(S(=O)(=O)OCC[C@H](O)[C@@H]2CCO[C@H](c3ccccc3)C2)cc1. The Morgan fingerprint density at radius 2 is 1.85 bits per heavy atom. The number of aliphatic hydroxyl groups is 1. The summed E-state index contributed by atoms with van der Waals surface area (Å²) in [6, 6.07) is 16.5. The van der Waals surface area contributed by atoms with Crippen LogP contribution in [0.25, 0.3) is 0 Å². The van der Waals surface area contributed by atoms with Gasteiger partial charge in [-0.25, -0.2) is 0 Å². The third kappa shape index (κ3) is 5.39. The quantitative estimate of drug-likeness (QED) is 0.731. The van der Waals surface area contributed by atoms with Crippen LogP contribution in [0.1, 0.15) is 36.5 Å². The molecular weight excluding hydrogens is 364 g/mol. The molecule has 5 nitrogen and oxygen atoms in total. The second kappa shape index (κ2) is 8.97. The van der Waals surface area contributed by atoms with Gasteiger partial charge in [-0.2, -0.15) is 8.42 Å². The van der Waals surface area contributed by atoms with E-state index in [4.69, 9.17) is 8.92 Å². The molecule has 0 saturated carbocycles. The van der Waals surface area contributed by atoms with Gasteiger partial charge >= 0.3 is 0 Å². The van der Waals surface area contributed by atoms with Gasteiger partial charge in [0.1, 0.15) is 0 Å². The number of benzene rings is 2. The maximum absolute atomic E-state index is 12.2. The lowest BCUT2D eigenvalue weighted by Gasteiger charge is -2.32. The van der Waals surface area contributed by atoms with Gasteiger partial charge in [-0.3, -0.25) is 4.18 Å². The second-order valence-corrected chi connectivity index (χ2v) is 8.62. The molecule has 1 aliphatic heterocycles. The van der Waals surface area contributed by atoms with E-state index in [9.17, 15) is 13.5 Å². The lowest BCUT2D eigenvalue weighted by Crippen LogP contribution is -2.30. The fourth-order valence-electron chi connectivity index (χ4n) is 3.36. The van der Waals surface area contributed by atoms with E-state index in [1.807, 2.05) is 37.3 Å². The van der Waals surface area contributed by atoms with Gasteiger partial charge in [0, 0.05) is 6.61 Å². The molecule has 0 aliphatic carbocycles. The fraction of sp³-hybridized carbons (Fsp3) is 0.429. The number of hydrogen-bond acceptors (Lipinski definition) is 5. The first kappa shape index (κ1) is 20.0. The molecule has 0 bridgehead atoms. The highest BCUT2D eigenvalue weighted by Crippen LogP contribution is 2.34. The van der Waals surface area contributed by atoms with Gasteiger partial charge in [0.05, 0.1) is 23.7 Å². The minimum absolute atomic E-state index is 0.0307. The van der Waals surface area contributed by atoms with Crippen molar-refractivity contribution in [2.75, 3.05) is 13.2 Å². The molecule has 27 heavy (non-hydrogen) atoms. The van der Waals surface area contributed by atoms with Crippen LogP contribution in [0.3, 0.4) is 0 Å². The second-order valence-electron chi connectivity index (χ2n) is 7.00. The Kier molecular flexibility index (Phi) is 6.65. The molecule has 1 heterocycles. The summed E-state index contributed by atoms with van der Waals surface area (Å²) in [6.45, 7) is 2.44. The lowest BCUT2D eigenvalue weighted by molar-refractivity contribution is -0.0488. The molecular formula is C21H26O5S. The van der Waals surface area contributed by atoms with E-state index in [-0.39, 0.29) is 29.9 Å². The van der Waals surface area contributed by atoms with Gasteiger partial charge in [-0.1, -0.05) is 48.0 Å². The van der Waals surface area contributed by atoms with E-state index in [0.717, 1.165) is 24.0 Å². The van der Waals surface area contributed by atoms with Crippen molar-refractivity contribution in [1.29, 1.82) is 0 Å². The maximum Gasteiger partial charge on any atom is 0.296 e. The zero-order valence-electron chi connectivity index (χ0n) is 15.5. The highest BCUT2D eigenvalue weighted by atomic mass is 32.2. The topological polar surface area (TPSA) is 72.8 Å². The van der Waals surface area contributed by atoms with Crippen LogP contribution in [-0.4, -0.2) is 32.8 Å². The summed E-state index contributed by atoms with van der Waals surface area (Å²) in [5, 5.41) is 10.5. The minimum Gasteiger partial charge on any atom is -0.393 e. The molecule has 0 radical (unpaired) electrons. The smallest absolute Gasteiger partial charge is 0.296 e. The van der Waals surface area contributed by atoms with Crippen molar-refractivity contribution in [3.63, 3.8) is 0 Å². The van der Waals surface area contributed by atoms with Crippen molar-refractivity contribution in [3.05, 3.63) is 65.7 Å². The first-order valence-corrected chi connectivity index (χ1v) is 10.7. The van der Waals surface area contributed by atoms with Gasteiger partial charge < -0.3 is 9.84 Å². The minimum atomic E-state index is -3.79. The Bertz CT molecular complexity index is 817. The Labute approximate surface area is 161 Å². The van der Waals surface area contributed by atoms with E-state index in [2.05, 4.69) is 0 Å². The van der Waals surface area contributed by atoms with Crippen LogP contribution in [-0.2, 0) is 19.0 Å². The molecule has 1 N–H and O–H groups in total. The molecule has 0 spiro atoms. The van der Waals surface area contributed by atoms with E-state index < -0.39 is 16.2 Å². The van der Waals surface area contributed by atoms with Crippen LogP contribution in [0.4, 0.5) is 0 Å². The van der Waals surface area contributed by atoms with E-state index >= 15 is 0 Å². The molecule has 6 heteroatoms. The standard InChI is InChI=1S/C21H26O5S/c1-16-7-9-19(10-8-16)27(23,24)26-14-12-20(22)18-11-13-25-21(15-18)17-5-3-2-4-6-17/h2-10,18,20-22H,11-15H2,1H3/t18-,20+,21+/m1/s1. The van der Waals surface area contributed by atoms with Crippen molar-refractivity contribution in [2.24, 2.45) is 5.92 Å². The molecule has 3 rings (SSSR count). The third-order valence-corrected chi connectivity index (χ3v) is 6.33. The van der Waals surface area contributed by atoms with Crippen molar-refractivity contribution >= 4 is 10.1 Å². The number of aryl methyl sites for hydroxylation is 1. The molecule has 1 aliphatic rings. The predicted octanol–water partition coefficient (Wildman–Crippen LogP) is 3.62. The summed E-state index contributed by atoms with van der Waals surface area (Å²) < 4.78 is 35.4. The van der Waals surface area contributed by atoms with Crippen LogP contribution in [0, 0.1) is 12.8 Å². The molecule has 1 fully saturated rings. The zero-order valence-corrected chi connectivity index (χ0v) is 16.3. The largest absolute Gasteiger partial charge is 0.393 e. The van der Waals surface area contributed by atoms with Gasteiger partial charge in [-0.15, -0.1) is 0 Å². The van der Waals surface area contributed by atoms with Crippen LogP contribution in [0.15, 0.2) is 59.5 Å². The molecule has 1 saturated heterocycles. The fourth-order valence-corrected chi connectivity index (χ4v) is 4.28. The Balaban J connectivity index is 1.51. The number of rotatable bonds is 7. The summed E-state index contributed by atoms with van der Waals surface area (Å²) in [7, 11) is -3.79. The number of ether oxygens (including phenoxy) is 1. The highest BCUT2D eigenvalue weighted by molar-refractivity contribution is 7.86.